The lowest BCUT2D eigenvalue weighted by Gasteiger charge is -2.32. The number of nitrogens with one attached hydrogen (secondary N) is 1. The van der Waals surface area contributed by atoms with Gasteiger partial charge < -0.3 is 25.2 Å². The van der Waals surface area contributed by atoms with Crippen molar-refractivity contribution < 1.29 is 24.5 Å². The fraction of sp³-hybridized carbons (Fsp3) is 0.385. The van der Waals surface area contributed by atoms with E-state index in [9.17, 15) is 9.59 Å². The Morgan fingerprint density at radius 3 is 2.86 bits per heavy atom. The van der Waals surface area contributed by atoms with Crippen LogP contribution >= 0.6 is 11.6 Å². The predicted molar refractivity (Wildman–Crippen MR) is 75.8 cm³/mol. The Morgan fingerprint density at radius 1 is 1.48 bits per heavy atom. The molecule has 1 aromatic rings. The van der Waals surface area contributed by atoms with Crippen molar-refractivity contribution in [3.63, 3.8) is 0 Å². The van der Waals surface area contributed by atoms with E-state index in [1.165, 1.54) is 23.1 Å². The molecule has 1 aromatic carbocycles. The minimum atomic E-state index is -1.13. The van der Waals surface area contributed by atoms with Crippen molar-refractivity contribution in [2.45, 2.75) is 6.10 Å². The highest BCUT2D eigenvalue weighted by Gasteiger charge is 2.23. The number of aromatic carboxylic acids is 1. The van der Waals surface area contributed by atoms with E-state index in [1.54, 1.807) is 0 Å². The van der Waals surface area contributed by atoms with Gasteiger partial charge in [0.05, 0.1) is 36.4 Å². The van der Waals surface area contributed by atoms with E-state index in [2.05, 4.69) is 5.32 Å². The Kier molecular flexibility index (Phi) is 5.00. The van der Waals surface area contributed by atoms with Crippen molar-refractivity contribution >= 4 is 29.3 Å². The molecule has 114 valence electrons. The largest absolute Gasteiger partial charge is 0.478 e. The van der Waals surface area contributed by atoms with Crippen LogP contribution < -0.4 is 5.32 Å². The number of benzene rings is 1. The number of carbonyl (C=O) groups excluding carboxylic acids is 1. The lowest BCUT2D eigenvalue weighted by atomic mass is 10.2. The van der Waals surface area contributed by atoms with Gasteiger partial charge in [-0.05, 0) is 18.2 Å². The second-order valence-electron chi connectivity index (χ2n) is 4.55. The number of ether oxygens (including phenoxy) is 1. The molecule has 1 atom stereocenters. The molecule has 0 aliphatic carbocycles. The molecule has 21 heavy (non-hydrogen) atoms. The van der Waals surface area contributed by atoms with Gasteiger partial charge in [-0.3, -0.25) is 0 Å². The maximum Gasteiger partial charge on any atom is 0.337 e. The van der Waals surface area contributed by atoms with Gasteiger partial charge in [0.15, 0.2) is 0 Å². The highest BCUT2D eigenvalue weighted by atomic mass is 35.5. The Labute approximate surface area is 126 Å². The molecule has 0 radical (unpaired) electrons. The van der Waals surface area contributed by atoms with Crippen LogP contribution in [0.2, 0.25) is 5.02 Å². The number of carbonyl (C=O) groups is 2. The number of anilines is 1. The van der Waals surface area contributed by atoms with Gasteiger partial charge in [-0.2, -0.15) is 0 Å². The first-order valence-electron chi connectivity index (χ1n) is 6.32. The fourth-order valence-corrected chi connectivity index (χ4v) is 2.24. The molecular weight excluding hydrogens is 300 g/mol. The highest BCUT2D eigenvalue weighted by Crippen LogP contribution is 2.21. The van der Waals surface area contributed by atoms with Gasteiger partial charge >= 0.3 is 12.0 Å². The fourth-order valence-electron chi connectivity index (χ4n) is 1.98. The lowest BCUT2D eigenvalue weighted by molar-refractivity contribution is -0.0388. The molecule has 1 aliphatic heterocycles. The maximum absolute atomic E-state index is 12.1. The Morgan fingerprint density at radius 2 is 2.24 bits per heavy atom. The van der Waals surface area contributed by atoms with Crippen LogP contribution in [0.5, 0.6) is 0 Å². The van der Waals surface area contributed by atoms with Crippen LogP contribution in [0, 0.1) is 0 Å². The summed E-state index contributed by atoms with van der Waals surface area (Å²) in [6.45, 7) is 0.923. The van der Waals surface area contributed by atoms with Crippen LogP contribution in [-0.2, 0) is 4.74 Å². The van der Waals surface area contributed by atoms with Crippen LogP contribution in [-0.4, -0.2) is 59.5 Å². The van der Waals surface area contributed by atoms with Crippen LogP contribution in [0.15, 0.2) is 18.2 Å². The molecule has 3 N–H and O–H groups in total. The minimum Gasteiger partial charge on any atom is -0.478 e. The monoisotopic (exact) mass is 314 g/mol. The zero-order valence-corrected chi connectivity index (χ0v) is 11.8. The molecular formula is C13H15ClN2O5. The van der Waals surface area contributed by atoms with Gasteiger partial charge in [0.2, 0.25) is 0 Å². The molecule has 1 heterocycles. The van der Waals surface area contributed by atoms with Crippen molar-refractivity contribution in [2.75, 3.05) is 31.6 Å². The van der Waals surface area contributed by atoms with E-state index < -0.39 is 5.97 Å². The van der Waals surface area contributed by atoms with Gasteiger partial charge in [-0.15, -0.1) is 0 Å². The summed E-state index contributed by atoms with van der Waals surface area (Å²) in [5.41, 5.74) is 0.378. The van der Waals surface area contributed by atoms with Crippen molar-refractivity contribution in [2.24, 2.45) is 0 Å². The number of halogens is 1. The van der Waals surface area contributed by atoms with Crippen LogP contribution in [0.1, 0.15) is 10.4 Å². The number of amides is 2. The van der Waals surface area contributed by atoms with E-state index in [4.69, 9.17) is 26.6 Å². The summed E-state index contributed by atoms with van der Waals surface area (Å²) >= 11 is 5.84. The zero-order chi connectivity index (χ0) is 15.4. The average molecular weight is 315 g/mol. The van der Waals surface area contributed by atoms with E-state index in [1.807, 2.05) is 0 Å². The Balaban J connectivity index is 2.02. The second-order valence-corrected chi connectivity index (χ2v) is 4.96. The standard InChI is InChI=1S/C13H15ClN2O5/c14-11-5-8(1-2-10(11)12(18)19)15-13(20)16-3-4-21-9(6-16)7-17/h1-2,5,9,17H,3-4,6-7H2,(H,15,20)(H,18,19). The number of hydrogen-bond donors (Lipinski definition) is 3. The first kappa shape index (κ1) is 15.6. The molecule has 0 bridgehead atoms. The molecule has 7 nitrogen and oxygen atoms in total. The van der Waals surface area contributed by atoms with Crippen molar-refractivity contribution in [3.8, 4) is 0 Å². The van der Waals surface area contributed by atoms with Crippen LogP contribution in [0.3, 0.4) is 0 Å². The summed E-state index contributed by atoms with van der Waals surface area (Å²) in [6.07, 6.45) is -0.387. The Bertz CT molecular complexity index is 551. The molecule has 0 spiro atoms. The molecule has 1 unspecified atom stereocenters. The number of rotatable bonds is 3. The number of carboxylic acid groups (broad SMARTS) is 1. The van der Waals surface area contributed by atoms with Gasteiger partial charge in [-0.1, -0.05) is 11.6 Å². The van der Waals surface area contributed by atoms with E-state index >= 15 is 0 Å². The average Bonchev–Trinajstić information content (AvgIpc) is 2.47. The summed E-state index contributed by atoms with van der Waals surface area (Å²) in [5.74, 6) is -1.13. The number of hydrogen-bond acceptors (Lipinski definition) is 4. The third kappa shape index (κ3) is 3.84. The highest BCUT2D eigenvalue weighted by molar-refractivity contribution is 6.33. The van der Waals surface area contributed by atoms with E-state index in [-0.39, 0.29) is 29.3 Å². The summed E-state index contributed by atoms with van der Waals surface area (Å²) in [4.78, 5) is 24.4. The van der Waals surface area contributed by atoms with Gasteiger partial charge in [0.25, 0.3) is 0 Å². The molecule has 2 rings (SSSR count). The molecule has 0 saturated carbocycles. The second kappa shape index (κ2) is 6.75. The summed E-state index contributed by atoms with van der Waals surface area (Å²) in [7, 11) is 0. The number of morpholine rings is 1. The van der Waals surface area contributed by atoms with Gasteiger partial charge in [0.1, 0.15) is 0 Å². The van der Waals surface area contributed by atoms with Crippen LogP contribution in [0.25, 0.3) is 0 Å². The molecule has 1 aliphatic rings. The number of aliphatic hydroxyl groups excluding tert-OH is 1. The Hall–Kier alpha value is -1.83. The molecule has 0 aromatic heterocycles. The van der Waals surface area contributed by atoms with Crippen molar-refractivity contribution in [1.82, 2.24) is 4.90 Å². The van der Waals surface area contributed by atoms with E-state index in [0.717, 1.165) is 0 Å². The van der Waals surface area contributed by atoms with E-state index in [0.29, 0.717) is 25.4 Å². The van der Waals surface area contributed by atoms with Gasteiger partial charge in [-0.25, -0.2) is 9.59 Å². The molecule has 2 amide bonds. The lowest BCUT2D eigenvalue weighted by Crippen LogP contribution is -2.48. The number of carboxylic acids is 1. The topological polar surface area (TPSA) is 99.1 Å². The summed E-state index contributed by atoms with van der Waals surface area (Å²) < 4.78 is 5.26. The smallest absolute Gasteiger partial charge is 0.337 e. The summed E-state index contributed by atoms with van der Waals surface area (Å²) in [5, 5.41) is 20.6. The van der Waals surface area contributed by atoms with Gasteiger partial charge in [0, 0.05) is 12.2 Å². The number of aliphatic hydroxyl groups is 1. The molecule has 8 heteroatoms. The molecule has 1 fully saturated rings. The normalized spacial score (nSPS) is 18.4. The SMILES string of the molecule is O=C(O)c1ccc(NC(=O)N2CCOC(CO)C2)cc1Cl. The molecule has 1 saturated heterocycles. The third-order valence-corrected chi connectivity index (χ3v) is 3.39. The number of urea groups is 1. The number of nitrogens with zero attached hydrogens (tertiary/aromatic N) is 1. The third-order valence-electron chi connectivity index (χ3n) is 3.08. The van der Waals surface area contributed by atoms with Crippen LogP contribution in [0.4, 0.5) is 10.5 Å². The summed E-state index contributed by atoms with van der Waals surface area (Å²) in [6, 6.07) is 3.83. The predicted octanol–water partition coefficient (Wildman–Crippen LogP) is 1.26. The maximum atomic E-state index is 12.1. The zero-order valence-electron chi connectivity index (χ0n) is 11.1. The first-order valence-corrected chi connectivity index (χ1v) is 6.70. The quantitative estimate of drug-likeness (QED) is 0.780. The first-order chi connectivity index (χ1) is 10.0. The van der Waals surface area contributed by atoms with Crippen molar-refractivity contribution in [3.05, 3.63) is 28.8 Å². The van der Waals surface area contributed by atoms with Crippen molar-refractivity contribution in [1.29, 1.82) is 0 Å². The minimum absolute atomic E-state index is 0.0265.